The molecule has 2 aromatic carbocycles. The largest absolute Gasteiger partial charge is 0.255 e. The quantitative estimate of drug-likeness (QED) is 0.679. The first kappa shape index (κ1) is 12.1. The molecule has 3 rings (SSSR count). The Kier molecular flexibility index (Phi) is 2.94. The molecular weight excluding hydrogens is 242 g/mol. The molecule has 1 fully saturated rings. The Morgan fingerprint density at radius 1 is 0.842 bits per heavy atom. The maximum atomic E-state index is 12.9. The standard InChI is InChI=1S/C17H14F2/c18-17(19)12-16(17)15-10-8-14(9-11-15)7-6-13-4-2-1-3-5-13/h1-11,16H,12H2/b7-6+. The predicted molar refractivity (Wildman–Crippen MR) is 74.1 cm³/mol. The fourth-order valence-corrected chi connectivity index (χ4v) is 2.17. The maximum absolute atomic E-state index is 12.9. The van der Waals surface area contributed by atoms with Crippen molar-refractivity contribution in [2.24, 2.45) is 0 Å². The third-order valence-corrected chi connectivity index (χ3v) is 3.43. The van der Waals surface area contributed by atoms with Crippen molar-refractivity contribution >= 4 is 12.2 Å². The molecule has 0 aromatic heterocycles. The summed E-state index contributed by atoms with van der Waals surface area (Å²) in [6.07, 6.45) is 4.00. The van der Waals surface area contributed by atoms with Crippen LogP contribution in [0.4, 0.5) is 8.78 Å². The van der Waals surface area contributed by atoms with Gasteiger partial charge in [0, 0.05) is 6.42 Å². The zero-order valence-electron chi connectivity index (χ0n) is 10.4. The highest BCUT2D eigenvalue weighted by molar-refractivity contribution is 5.69. The van der Waals surface area contributed by atoms with Crippen LogP contribution in [0.2, 0.25) is 0 Å². The topological polar surface area (TPSA) is 0 Å². The van der Waals surface area contributed by atoms with Crippen molar-refractivity contribution in [1.82, 2.24) is 0 Å². The summed E-state index contributed by atoms with van der Waals surface area (Å²) in [5.74, 6) is -3.05. The van der Waals surface area contributed by atoms with E-state index < -0.39 is 11.8 Å². The summed E-state index contributed by atoms with van der Waals surface area (Å²) in [6, 6.07) is 17.4. The number of rotatable bonds is 3. The van der Waals surface area contributed by atoms with E-state index in [1.165, 1.54) is 0 Å². The number of alkyl halides is 2. The Bertz CT molecular complexity index is 582. The summed E-state index contributed by atoms with van der Waals surface area (Å²) < 4.78 is 25.9. The number of benzene rings is 2. The highest BCUT2D eigenvalue weighted by Gasteiger charge is 2.57. The van der Waals surface area contributed by atoms with Gasteiger partial charge in [0.25, 0.3) is 5.92 Å². The molecule has 1 aliphatic carbocycles. The third-order valence-electron chi connectivity index (χ3n) is 3.43. The molecule has 0 bridgehead atoms. The Labute approximate surface area is 111 Å². The van der Waals surface area contributed by atoms with E-state index in [0.717, 1.165) is 16.7 Å². The van der Waals surface area contributed by atoms with Gasteiger partial charge in [0.2, 0.25) is 0 Å². The van der Waals surface area contributed by atoms with Gasteiger partial charge in [0.05, 0.1) is 5.92 Å². The number of halogens is 2. The van der Waals surface area contributed by atoms with E-state index in [1.54, 1.807) is 12.1 Å². The zero-order valence-corrected chi connectivity index (χ0v) is 10.4. The second kappa shape index (κ2) is 4.61. The van der Waals surface area contributed by atoms with Gasteiger partial charge in [-0.1, -0.05) is 66.7 Å². The predicted octanol–water partition coefficient (Wildman–Crippen LogP) is 4.98. The average molecular weight is 256 g/mol. The van der Waals surface area contributed by atoms with Crippen LogP contribution >= 0.6 is 0 Å². The fraction of sp³-hybridized carbons (Fsp3) is 0.176. The van der Waals surface area contributed by atoms with Gasteiger partial charge in [-0.3, -0.25) is 0 Å². The molecule has 1 atom stereocenters. The molecule has 0 amide bonds. The Balaban J connectivity index is 1.72. The van der Waals surface area contributed by atoms with Crippen LogP contribution < -0.4 is 0 Å². The second-order valence-electron chi connectivity index (χ2n) is 4.93. The summed E-state index contributed by atoms with van der Waals surface area (Å²) in [7, 11) is 0. The van der Waals surface area contributed by atoms with Crippen LogP contribution in [0.5, 0.6) is 0 Å². The fourth-order valence-electron chi connectivity index (χ4n) is 2.17. The number of hydrogen-bond donors (Lipinski definition) is 0. The van der Waals surface area contributed by atoms with E-state index >= 15 is 0 Å². The van der Waals surface area contributed by atoms with Crippen molar-refractivity contribution in [3.63, 3.8) is 0 Å². The van der Waals surface area contributed by atoms with Gasteiger partial charge < -0.3 is 0 Å². The Hall–Kier alpha value is -1.96. The lowest BCUT2D eigenvalue weighted by Crippen LogP contribution is -1.92. The van der Waals surface area contributed by atoms with E-state index in [4.69, 9.17) is 0 Å². The molecule has 19 heavy (non-hydrogen) atoms. The van der Waals surface area contributed by atoms with Crippen LogP contribution in [0, 0.1) is 0 Å². The molecule has 0 N–H and O–H groups in total. The molecule has 2 heteroatoms. The van der Waals surface area contributed by atoms with Gasteiger partial charge in [-0.15, -0.1) is 0 Å². The lowest BCUT2D eigenvalue weighted by atomic mass is 10.1. The van der Waals surface area contributed by atoms with Crippen molar-refractivity contribution in [2.45, 2.75) is 18.3 Å². The second-order valence-corrected chi connectivity index (χ2v) is 4.93. The van der Waals surface area contributed by atoms with Crippen LogP contribution in [0.25, 0.3) is 12.2 Å². The summed E-state index contributed by atoms with van der Waals surface area (Å²) >= 11 is 0. The first-order chi connectivity index (χ1) is 9.15. The molecule has 96 valence electrons. The Morgan fingerprint density at radius 3 is 1.89 bits per heavy atom. The molecule has 0 saturated heterocycles. The van der Waals surface area contributed by atoms with Crippen molar-refractivity contribution in [3.8, 4) is 0 Å². The molecule has 1 unspecified atom stereocenters. The molecule has 1 aliphatic rings. The minimum absolute atomic E-state index is 0.00774. The van der Waals surface area contributed by atoms with Crippen LogP contribution in [-0.4, -0.2) is 5.92 Å². The third kappa shape index (κ3) is 2.73. The van der Waals surface area contributed by atoms with Crippen molar-refractivity contribution in [1.29, 1.82) is 0 Å². The van der Waals surface area contributed by atoms with E-state index in [-0.39, 0.29) is 6.42 Å². The molecule has 0 heterocycles. The van der Waals surface area contributed by atoms with Crippen molar-refractivity contribution in [2.75, 3.05) is 0 Å². The summed E-state index contributed by atoms with van der Waals surface area (Å²) in [5.41, 5.74) is 2.89. The van der Waals surface area contributed by atoms with Crippen LogP contribution in [0.15, 0.2) is 54.6 Å². The minimum Gasteiger partial charge on any atom is -0.206 e. The lowest BCUT2D eigenvalue weighted by molar-refractivity contribution is 0.112. The van der Waals surface area contributed by atoms with Crippen LogP contribution in [-0.2, 0) is 0 Å². The summed E-state index contributed by atoms with van der Waals surface area (Å²) in [6.45, 7) is 0. The first-order valence-electron chi connectivity index (χ1n) is 6.36. The Morgan fingerprint density at radius 2 is 1.37 bits per heavy atom. The normalized spacial score (nSPS) is 20.6. The van der Waals surface area contributed by atoms with Gasteiger partial charge in [0.1, 0.15) is 0 Å². The van der Waals surface area contributed by atoms with E-state index in [9.17, 15) is 8.78 Å². The molecule has 0 radical (unpaired) electrons. The minimum atomic E-state index is -2.48. The van der Waals surface area contributed by atoms with E-state index in [1.807, 2.05) is 54.6 Å². The number of hydrogen-bond acceptors (Lipinski definition) is 0. The van der Waals surface area contributed by atoms with E-state index in [2.05, 4.69) is 0 Å². The smallest absolute Gasteiger partial charge is 0.206 e. The maximum Gasteiger partial charge on any atom is 0.255 e. The molecule has 0 aliphatic heterocycles. The molecule has 0 nitrogen and oxygen atoms in total. The van der Waals surface area contributed by atoms with E-state index in [0.29, 0.717) is 0 Å². The molecular formula is C17H14F2. The first-order valence-corrected chi connectivity index (χ1v) is 6.36. The summed E-state index contributed by atoms with van der Waals surface area (Å²) in [5, 5.41) is 0. The van der Waals surface area contributed by atoms with Gasteiger partial charge in [0.15, 0.2) is 0 Å². The molecule has 1 saturated carbocycles. The monoisotopic (exact) mass is 256 g/mol. The SMILES string of the molecule is FC1(F)CC1c1ccc(/C=C/c2ccccc2)cc1. The van der Waals surface area contributed by atoms with Crippen molar-refractivity contribution in [3.05, 3.63) is 71.3 Å². The van der Waals surface area contributed by atoms with Crippen molar-refractivity contribution < 1.29 is 8.78 Å². The van der Waals surface area contributed by atoms with Gasteiger partial charge in [-0.05, 0) is 16.7 Å². The average Bonchev–Trinajstić information content (AvgIpc) is 3.07. The molecule has 0 spiro atoms. The summed E-state index contributed by atoms with van der Waals surface area (Å²) in [4.78, 5) is 0. The van der Waals surface area contributed by atoms with Gasteiger partial charge >= 0.3 is 0 Å². The highest BCUT2D eigenvalue weighted by Crippen LogP contribution is 2.55. The van der Waals surface area contributed by atoms with Gasteiger partial charge in [-0.2, -0.15) is 0 Å². The molecule has 2 aromatic rings. The lowest BCUT2D eigenvalue weighted by Gasteiger charge is -2.00. The highest BCUT2D eigenvalue weighted by atomic mass is 19.3. The van der Waals surface area contributed by atoms with Crippen LogP contribution in [0.3, 0.4) is 0 Å². The zero-order chi connectivity index (χ0) is 13.3. The van der Waals surface area contributed by atoms with Crippen LogP contribution in [0.1, 0.15) is 29.0 Å². The van der Waals surface area contributed by atoms with Gasteiger partial charge in [-0.25, -0.2) is 8.78 Å².